The van der Waals surface area contributed by atoms with E-state index in [0.717, 1.165) is 29.4 Å². The van der Waals surface area contributed by atoms with Gasteiger partial charge in [0.05, 0.1) is 6.61 Å². The van der Waals surface area contributed by atoms with Crippen LogP contribution in [-0.2, 0) is 11.2 Å². The van der Waals surface area contributed by atoms with E-state index in [4.69, 9.17) is 9.47 Å². The van der Waals surface area contributed by atoms with E-state index in [0.29, 0.717) is 5.75 Å². The first-order valence-electron chi connectivity index (χ1n) is 8.27. The number of hydrogen-bond acceptors (Lipinski definition) is 7. The minimum absolute atomic E-state index is 0.460. The maximum Gasteiger partial charge on any atom is 0.229 e. The zero-order valence-electron chi connectivity index (χ0n) is 13.9. The Kier molecular flexibility index (Phi) is 5.57. The molecule has 0 bridgehead atoms. The van der Waals surface area contributed by atoms with Crippen LogP contribution in [0.15, 0.2) is 24.4 Å². The van der Waals surface area contributed by atoms with Crippen molar-refractivity contribution in [3.63, 3.8) is 0 Å². The number of hydrogen-bond donors (Lipinski definition) is 6. The summed E-state index contributed by atoms with van der Waals surface area (Å²) in [4.78, 5) is 3.20. The molecule has 1 aromatic heterocycles. The van der Waals surface area contributed by atoms with Crippen molar-refractivity contribution in [2.75, 3.05) is 20.2 Å². The van der Waals surface area contributed by atoms with Gasteiger partial charge in [0.15, 0.2) is 0 Å². The summed E-state index contributed by atoms with van der Waals surface area (Å²) >= 11 is 0. The van der Waals surface area contributed by atoms with Crippen molar-refractivity contribution in [3.8, 4) is 5.75 Å². The summed E-state index contributed by atoms with van der Waals surface area (Å²) in [5.74, 6) is 0.460. The van der Waals surface area contributed by atoms with Crippen molar-refractivity contribution in [1.82, 2.24) is 10.3 Å². The molecule has 1 fully saturated rings. The second-order valence-electron chi connectivity index (χ2n) is 6.19. The van der Waals surface area contributed by atoms with Gasteiger partial charge >= 0.3 is 0 Å². The second kappa shape index (κ2) is 7.69. The van der Waals surface area contributed by atoms with E-state index >= 15 is 0 Å². The average molecular weight is 352 g/mol. The molecule has 6 N–H and O–H groups in total. The molecule has 5 unspecified atom stereocenters. The lowest BCUT2D eigenvalue weighted by atomic mass is 9.99. The van der Waals surface area contributed by atoms with Crippen LogP contribution in [0.25, 0.3) is 10.9 Å². The SMILES string of the molecule is CNCCc1c[nH]c2ccc(OC3OC(CO)C(O)C(O)C3O)cc12. The molecule has 138 valence electrons. The minimum Gasteiger partial charge on any atom is -0.462 e. The van der Waals surface area contributed by atoms with Crippen LogP contribution in [0.4, 0.5) is 0 Å². The third-order valence-electron chi connectivity index (χ3n) is 4.48. The van der Waals surface area contributed by atoms with Crippen molar-refractivity contribution >= 4 is 10.9 Å². The van der Waals surface area contributed by atoms with Gasteiger partial charge in [-0.2, -0.15) is 0 Å². The molecule has 8 nitrogen and oxygen atoms in total. The predicted octanol–water partition coefficient (Wildman–Crippen LogP) is -0.891. The molecule has 2 aromatic rings. The van der Waals surface area contributed by atoms with Gasteiger partial charge in [0, 0.05) is 17.1 Å². The molecule has 25 heavy (non-hydrogen) atoms. The van der Waals surface area contributed by atoms with E-state index in [9.17, 15) is 20.4 Å². The normalized spacial score (nSPS) is 29.9. The van der Waals surface area contributed by atoms with Gasteiger partial charge in [-0.15, -0.1) is 0 Å². The van der Waals surface area contributed by atoms with E-state index in [1.165, 1.54) is 0 Å². The maximum absolute atomic E-state index is 10.1. The average Bonchev–Trinajstić information content (AvgIpc) is 3.02. The fourth-order valence-electron chi connectivity index (χ4n) is 3.00. The number of aromatic amines is 1. The van der Waals surface area contributed by atoms with Gasteiger partial charge in [0.1, 0.15) is 30.2 Å². The number of benzene rings is 1. The predicted molar refractivity (Wildman–Crippen MR) is 90.3 cm³/mol. The Morgan fingerprint density at radius 2 is 2.00 bits per heavy atom. The van der Waals surface area contributed by atoms with Crippen LogP contribution in [0.3, 0.4) is 0 Å². The molecule has 0 spiro atoms. The Morgan fingerprint density at radius 1 is 1.20 bits per heavy atom. The van der Waals surface area contributed by atoms with Crippen molar-refractivity contribution in [2.45, 2.75) is 37.1 Å². The standard InChI is InChI=1S/C17H24N2O6/c1-18-5-4-9-7-19-12-3-2-10(6-11(9)12)24-17-16(23)15(22)14(21)13(8-20)25-17/h2-3,6-7,13-23H,4-5,8H2,1H3. The number of ether oxygens (including phenoxy) is 2. The largest absolute Gasteiger partial charge is 0.462 e. The number of likely N-dealkylation sites (N-methyl/N-ethyl adjacent to an activating group) is 1. The summed E-state index contributed by atoms with van der Waals surface area (Å²) in [5, 5.41) is 43.1. The summed E-state index contributed by atoms with van der Waals surface area (Å²) in [6, 6.07) is 5.41. The number of H-pyrrole nitrogens is 1. The number of nitrogens with one attached hydrogen (secondary N) is 2. The summed E-state index contributed by atoms with van der Waals surface area (Å²) in [6.07, 6.45) is -3.68. The highest BCUT2D eigenvalue weighted by Crippen LogP contribution is 2.28. The molecule has 8 heteroatoms. The fraction of sp³-hybridized carbons (Fsp3) is 0.529. The fourth-order valence-corrected chi connectivity index (χ4v) is 3.00. The first-order chi connectivity index (χ1) is 12.0. The molecule has 1 saturated heterocycles. The van der Waals surface area contributed by atoms with Crippen molar-refractivity contribution < 1.29 is 29.9 Å². The summed E-state index contributed by atoms with van der Waals surface area (Å²) < 4.78 is 11.0. The molecular weight excluding hydrogens is 328 g/mol. The van der Waals surface area contributed by atoms with Crippen LogP contribution in [-0.4, -0.2) is 76.3 Å². The molecule has 1 aromatic carbocycles. The van der Waals surface area contributed by atoms with Crippen LogP contribution >= 0.6 is 0 Å². The van der Waals surface area contributed by atoms with E-state index in [1.54, 1.807) is 6.07 Å². The zero-order chi connectivity index (χ0) is 18.0. The molecular formula is C17H24N2O6. The maximum atomic E-state index is 10.1. The molecule has 0 amide bonds. The molecule has 0 saturated carbocycles. The smallest absolute Gasteiger partial charge is 0.229 e. The molecule has 3 rings (SSSR count). The van der Waals surface area contributed by atoms with Gasteiger partial charge in [-0.05, 0) is 43.8 Å². The molecule has 0 aliphatic carbocycles. The lowest BCUT2D eigenvalue weighted by Crippen LogP contribution is -2.60. The zero-order valence-corrected chi connectivity index (χ0v) is 13.9. The number of aliphatic hydroxyl groups excluding tert-OH is 4. The molecule has 1 aliphatic rings. The van der Waals surface area contributed by atoms with Crippen LogP contribution in [0.2, 0.25) is 0 Å². The monoisotopic (exact) mass is 352 g/mol. The quantitative estimate of drug-likeness (QED) is 0.398. The number of rotatable bonds is 6. The third kappa shape index (κ3) is 3.64. The van der Waals surface area contributed by atoms with Crippen molar-refractivity contribution in [1.29, 1.82) is 0 Å². The van der Waals surface area contributed by atoms with Gasteiger partial charge in [0.25, 0.3) is 0 Å². The number of aliphatic hydroxyl groups is 4. The highest BCUT2D eigenvalue weighted by Gasteiger charge is 2.44. The van der Waals surface area contributed by atoms with E-state index in [2.05, 4.69) is 10.3 Å². The number of fused-ring (bicyclic) bond motifs is 1. The van der Waals surface area contributed by atoms with Crippen molar-refractivity contribution in [2.24, 2.45) is 0 Å². The summed E-state index contributed by atoms with van der Waals surface area (Å²) in [5.41, 5.74) is 2.09. The van der Waals surface area contributed by atoms with E-state index in [1.807, 2.05) is 25.4 Å². The lowest BCUT2D eigenvalue weighted by molar-refractivity contribution is -0.277. The Morgan fingerprint density at radius 3 is 2.72 bits per heavy atom. The first kappa shape index (κ1) is 18.1. The molecule has 2 heterocycles. The van der Waals surface area contributed by atoms with Crippen molar-refractivity contribution in [3.05, 3.63) is 30.0 Å². The molecule has 0 radical (unpaired) electrons. The van der Waals surface area contributed by atoms with Crippen LogP contribution in [0, 0.1) is 0 Å². The molecule has 5 atom stereocenters. The number of aromatic nitrogens is 1. The van der Waals surface area contributed by atoms with Gasteiger partial charge in [-0.1, -0.05) is 0 Å². The van der Waals surface area contributed by atoms with Gasteiger partial charge in [-0.3, -0.25) is 0 Å². The van der Waals surface area contributed by atoms with Crippen LogP contribution in [0.1, 0.15) is 5.56 Å². The Labute approximate surface area is 145 Å². The highest BCUT2D eigenvalue weighted by molar-refractivity contribution is 5.84. The van der Waals surface area contributed by atoms with Crippen LogP contribution < -0.4 is 10.1 Å². The minimum atomic E-state index is -1.46. The third-order valence-corrected chi connectivity index (χ3v) is 4.48. The summed E-state index contributed by atoms with van der Waals surface area (Å²) in [6.45, 7) is 0.348. The first-order valence-corrected chi connectivity index (χ1v) is 8.27. The van der Waals surface area contributed by atoms with Gasteiger partial charge in [0.2, 0.25) is 6.29 Å². The second-order valence-corrected chi connectivity index (χ2v) is 6.19. The van der Waals surface area contributed by atoms with Crippen LogP contribution in [0.5, 0.6) is 5.75 Å². The topological polar surface area (TPSA) is 127 Å². The lowest BCUT2D eigenvalue weighted by Gasteiger charge is -2.39. The summed E-state index contributed by atoms with van der Waals surface area (Å²) in [7, 11) is 1.89. The van der Waals surface area contributed by atoms with E-state index in [-0.39, 0.29) is 0 Å². The van der Waals surface area contributed by atoms with Gasteiger partial charge < -0.3 is 40.2 Å². The Bertz CT molecular complexity index is 704. The Hall–Kier alpha value is -1.68. The Balaban J connectivity index is 1.79. The van der Waals surface area contributed by atoms with Gasteiger partial charge in [-0.25, -0.2) is 0 Å². The highest BCUT2D eigenvalue weighted by atomic mass is 16.7. The molecule has 1 aliphatic heterocycles. The van der Waals surface area contributed by atoms with E-state index < -0.39 is 37.3 Å².